The largest absolute Gasteiger partial charge is 0.419 e. The van der Waals surface area contributed by atoms with Gasteiger partial charge in [-0.1, -0.05) is 6.92 Å². The Morgan fingerprint density at radius 3 is 2.75 bits per heavy atom. The summed E-state index contributed by atoms with van der Waals surface area (Å²) in [5.41, 5.74) is 6.64. The summed E-state index contributed by atoms with van der Waals surface area (Å²) in [4.78, 5) is 11.7. The highest BCUT2D eigenvalue weighted by Crippen LogP contribution is 2.29. The Kier molecular flexibility index (Phi) is 5.44. The molecule has 2 heterocycles. The highest BCUT2D eigenvalue weighted by molar-refractivity contribution is 7.89. The van der Waals surface area contributed by atoms with Gasteiger partial charge in [-0.2, -0.15) is 4.31 Å². The van der Waals surface area contributed by atoms with E-state index in [0.29, 0.717) is 18.6 Å². The third-order valence-electron chi connectivity index (χ3n) is 4.68. The van der Waals surface area contributed by atoms with Gasteiger partial charge in [0, 0.05) is 32.2 Å². The minimum atomic E-state index is -3.67. The molecule has 0 spiro atoms. The Balaban J connectivity index is 0.00000208. The van der Waals surface area contributed by atoms with Crippen LogP contribution in [-0.4, -0.2) is 36.4 Å². The number of piperidine rings is 1. The molecule has 0 bridgehead atoms. The third kappa shape index (κ3) is 2.99. The lowest BCUT2D eigenvalue weighted by Crippen LogP contribution is -2.51. The van der Waals surface area contributed by atoms with Crippen LogP contribution in [0.5, 0.6) is 0 Å². The fraction of sp³-hybridized carbons (Fsp3) is 0.533. The van der Waals surface area contributed by atoms with E-state index in [9.17, 15) is 13.2 Å². The van der Waals surface area contributed by atoms with Crippen LogP contribution in [0.1, 0.15) is 19.8 Å². The van der Waals surface area contributed by atoms with Crippen LogP contribution in [-0.2, 0) is 17.1 Å². The first-order valence-corrected chi connectivity index (χ1v) is 9.11. The van der Waals surface area contributed by atoms with Crippen molar-refractivity contribution in [1.82, 2.24) is 8.87 Å². The zero-order valence-electron chi connectivity index (χ0n) is 13.6. The molecule has 0 radical (unpaired) electrons. The molecule has 7 nitrogen and oxygen atoms in total. The Labute approximate surface area is 146 Å². The molecule has 1 fully saturated rings. The predicted molar refractivity (Wildman–Crippen MR) is 93.8 cm³/mol. The fourth-order valence-electron chi connectivity index (χ4n) is 3.27. The molecule has 0 amide bonds. The van der Waals surface area contributed by atoms with Crippen LogP contribution in [0.15, 0.2) is 32.3 Å². The summed E-state index contributed by atoms with van der Waals surface area (Å²) in [6, 6.07) is 4.32. The van der Waals surface area contributed by atoms with E-state index in [1.54, 1.807) is 13.1 Å². The van der Waals surface area contributed by atoms with Crippen LogP contribution in [0.3, 0.4) is 0 Å². The molecule has 1 aliphatic rings. The van der Waals surface area contributed by atoms with Gasteiger partial charge < -0.3 is 10.2 Å². The summed E-state index contributed by atoms with van der Waals surface area (Å²) in [7, 11) is -2.09. The van der Waals surface area contributed by atoms with Crippen molar-refractivity contribution < 1.29 is 12.8 Å². The van der Waals surface area contributed by atoms with Crippen molar-refractivity contribution in [2.24, 2.45) is 18.7 Å². The van der Waals surface area contributed by atoms with Gasteiger partial charge in [0.2, 0.25) is 10.0 Å². The minimum Gasteiger partial charge on any atom is -0.408 e. The first-order chi connectivity index (χ1) is 10.9. The zero-order chi connectivity index (χ0) is 16.8. The molecular formula is C15H22ClN3O4S. The summed E-state index contributed by atoms with van der Waals surface area (Å²) in [6.07, 6.45) is 1.79. The van der Waals surface area contributed by atoms with Crippen LogP contribution < -0.4 is 11.5 Å². The maximum absolute atomic E-state index is 13.0. The van der Waals surface area contributed by atoms with E-state index in [-0.39, 0.29) is 34.8 Å². The number of nitrogens with two attached hydrogens (primary N) is 1. The lowest BCUT2D eigenvalue weighted by Gasteiger charge is -2.38. The van der Waals surface area contributed by atoms with E-state index in [1.165, 1.54) is 21.0 Å². The molecule has 24 heavy (non-hydrogen) atoms. The van der Waals surface area contributed by atoms with Crippen molar-refractivity contribution in [1.29, 1.82) is 0 Å². The second kappa shape index (κ2) is 6.87. The minimum absolute atomic E-state index is 0. The van der Waals surface area contributed by atoms with Crippen LogP contribution in [0.2, 0.25) is 0 Å². The van der Waals surface area contributed by atoms with Gasteiger partial charge in [-0.05, 0) is 30.9 Å². The Morgan fingerprint density at radius 2 is 2.08 bits per heavy atom. The van der Waals surface area contributed by atoms with Gasteiger partial charge in [-0.25, -0.2) is 13.2 Å². The van der Waals surface area contributed by atoms with Crippen LogP contribution in [0, 0.1) is 5.92 Å². The number of fused-ring (bicyclic) bond motifs is 1. The Morgan fingerprint density at radius 1 is 1.38 bits per heavy atom. The first kappa shape index (κ1) is 19.0. The second-order valence-corrected chi connectivity index (χ2v) is 7.99. The molecule has 3 rings (SSSR count). The monoisotopic (exact) mass is 375 g/mol. The maximum atomic E-state index is 13.0. The normalized spacial score (nSPS) is 22.5. The van der Waals surface area contributed by atoms with E-state index in [0.717, 1.165) is 12.8 Å². The van der Waals surface area contributed by atoms with E-state index in [1.807, 2.05) is 6.92 Å². The Bertz CT molecular complexity index is 890. The molecule has 0 aliphatic carbocycles. The molecule has 2 atom stereocenters. The second-order valence-electron chi connectivity index (χ2n) is 6.09. The Hall–Kier alpha value is -1.35. The number of hydrogen-bond acceptors (Lipinski definition) is 5. The summed E-state index contributed by atoms with van der Waals surface area (Å²) in [5, 5.41) is 0. The molecular weight excluding hydrogens is 354 g/mol. The quantitative estimate of drug-likeness (QED) is 0.871. The number of sulfonamides is 1. The van der Waals surface area contributed by atoms with Crippen molar-refractivity contribution >= 4 is 33.5 Å². The predicted octanol–water partition coefficient (Wildman–Crippen LogP) is 1.30. The van der Waals surface area contributed by atoms with Crippen molar-refractivity contribution in [3.63, 3.8) is 0 Å². The van der Waals surface area contributed by atoms with Gasteiger partial charge in [-0.3, -0.25) is 4.57 Å². The van der Waals surface area contributed by atoms with Gasteiger partial charge in [0.05, 0.1) is 10.4 Å². The molecule has 2 unspecified atom stereocenters. The molecule has 9 heteroatoms. The van der Waals surface area contributed by atoms with E-state index >= 15 is 0 Å². The number of oxazole rings is 1. The van der Waals surface area contributed by atoms with E-state index in [4.69, 9.17) is 10.2 Å². The maximum Gasteiger partial charge on any atom is 0.419 e. The number of hydrogen-bond donors (Lipinski definition) is 1. The van der Waals surface area contributed by atoms with Gasteiger partial charge >= 0.3 is 5.76 Å². The van der Waals surface area contributed by atoms with Crippen LogP contribution in [0.25, 0.3) is 11.1 Å². The molecule has 134 valence electrons. The van der Waals surface area contributed by atoms with Crippen molar-refractivity contribution in [2.45, 2.75) is 30.7 Å². The molecule has 1 aliphatic heterocycles. The number of aryl methyl sites for hydroxylation is 1. The molecule has 1 saturated heterocycles. The van der Waals surface area contributed by atoms with Gasteiger partial charge in [-0.15, -0.1) is 12.4 Å². The molecule has 1 aromatic carbocycles. The highest BCUT2D eigenvalue weighted by Gasteiger charge is 2.36. The average molecular weight is 376 g/mol. The number of halogens is 1. The average Bonchev–Trinajstić information content (AvgIpc) is 2.81. The molecule has 2 aromatic rings. The SMILES string of the molecule is CC1CCCN(S(=O)(=O)c2ccc3c(c2)oc(=O)n3C)C1CN.Cl. The number of aromatic nitrogens is 1. The molecule has 1 aromatic heterocycles. The van der Waals surface area contributed by atoms with Crippen LogP contribution >= 0.6 is 12.4 Å². The lowest BCUT2D eigenvalue weighted by molar-refractivity contribution is 0.192. The highest BCUT2D eigenvalue weighted by atomic mass is 35.5. The number of nitrogens with zero attached hydrogens (tertiary/aromatic N) is 2. The van der Waals surface area contributed by atoms with Crippen molar-refractivity contribution in [2.75, 3.05) is 13.1 Å². The van der Waals surface area contributed by atoms with E-state index < -0.39 is 15.8 Å². The van der Waals surface area contributed by atoms with Crippen molar-refractivity contribution in [3.8, 4) is 0 Å². The van der Waals surface area contributed by atoms with Gasteiger partial charge in [0.25, 0.3) is 0 Å². The summed E-state index contributed by atoms with van der Waals surface area (Å²) >= 11 is 0. The number of benzene rings is 1. The summed E-state index contributed by atoms with van der Waals surface area (Å²) in [5.74, 6) is -0.289. The van der Waals surface area contributed by atoms with E-state index in [2.05, 4.69) is 0 Å². The molecule has 2 N–H and O–H groups in total. The summed E-state index contributed by atoms with van der Waals surface area (Å²) < 4.78 is 33.9. The van der Waals surface area contributed by atoms with Crippen LogP contribution in [0.4, 0.5) is 0 Å². The first-order valence-electron chi connectivity index (χ1n) is 7.67. The van der Waals surface area contributed by atoms with Crippen molar-refractivity contribution in [3.05, 3.63) is 28.7 Å². The van der Waals surface area contributed by atoms with Gasteiger partial charge in [0.1, 0.15) is 0 Å². The number of rotatable bonds is 3. The zero-order valence-corrected chi connectivity index (χ0v) is 15.3. The smallest absolute Gasteiger partial charge is 0.408 e. The topological polar surface area (TPSA) is 98.5 Å². The third-order valence-corrected chi connectivity index (χ3v) is 6.60. The van der Waals surface area contributed by atoms with Gasteiger partial charge in [0.15, 0.2) is 5.58 Å². The lowest BCUT2D eigenvalue weighted by atomic mass is 9.93. The fourth-order valence-corrected chi connectivity index (χ4v) is 5.06. The summed E-state index contributed by atoms with van der Waals surface area (Å²) in [6.45, 7) is 2.78. The molecule has 0 saturated carbocycles. The standard InChI is InChI=1S/C15H21N3O4S.ClH/c1-10-4-3-7-18(13(10)9-16)23(20,21)11-5-6-12-14(8-11)22-15(19)17(12)2;/h5-6,8,10,13H,3-4,7,9,16H2,1-2H3;1H.